The fraction of sp³-hybridized carbons (Fsp3) is 0.824. The van der Waals surface area contributed by atoms with Gasteiger partial charge in [-0.2, -0.15) is 5.10 Å². The first-order valence-electron chi connectivity index (χ1n) is 8.66. The van der Waals surface area contributed by atoms with Crippen molar-refractivity contribution in [1.29, 1.82) is 0 Å². The van der Waals surface area contributed by atoms with Gasteiger partial charge in [-0.3, -0.25) is 9.58 Å². The van der Waals surface area contributed by atoms with Crippen LogP contribution in [0.4, 0.5) is 0 Å². The number of rotatable bonds is 8. The second kappa shape index (κ2) is 8.24. The molecular weight excluding hydrogens is 294 g/mol. The van der Waals surface area contributed by atoms with Crippen molar-refractivity contribution in [2.24, 2.45) is 13.0 Å². The van der Waals surface area contributed by atoms with Crippen LogP contribution in [-0.2, 0) is 27.7 Å². The smallest absolute Gasteiger partial charge is 0.0746 e. The molecule has 23 heavy (non-hydrogen) atoms. The molecule has 2 saturated heterocycles. The van der Waals surface area contributed by atoms with Gasteiger partial charge in [-0.25, -0.2) is 0 Å². The summed E-state index contributed by atoms with van der Waals surface area (Å²) in [6.07, 6.45) is 7.66. The summed E-state index contributed by atoms with van der Waals surface area (Å²) >= 11 is 0. The van der Waals surface area contributed by atoms with Gasteiger partial charge in [-0.05, 0) is 30.7 Å². The minimum Gasteiger partial charge on any atom is -0.382 e. The van der Waals surface area contributed by atoms with E-state index in [1.807, 2.05) is 17.9 Å². The van der Waals surface area contributed by atoms with E-state index in [9.17, 15) is 0 Å². The number of aromatic nitrogens is 2. The standard InChI is InChI=1S/C17H29N3O3/c1-19-11-15(10-18-19)9-16-17(23-8-7-21-2)3-5-20(16)12-14-4-6-22-13-14/h10-11,14,16-17H,3-9,12-13H2,1-2H3/t14-,16+,17+/m0/s1. The first kappa shape index (κ1) is 16.9. The number of hydrogen-bond acceptors (Lipinski definition) is 5. The number of nitrogens with zero attached hydrogens (tertiary/aromatic N) is 3. The zero-order chi connectivity index (χ0) is 16.1. The largest absolute Gasteiger partial charge is 0.382 e. The molecule has 3 atom stereocenters. The van der Waals surface area contributed by atoms with Crippen molar-refractivity contribution in [3.05, 3.63) is 18.0 Å². The molecule has 1 aromatic heterocycles. The zero-order valence-corrected chi connectivity index (χ0v) is 14.3. The molecule has 3 heterocycles. The highest BCUT2D eigenvalue weighted by Gasteiger charge is 2.36. The number of aryl methyl sites for hydroxylation is 1. The normalized spacial score (nSPS) is 28.7. The minimum atomic E-state index is 0.285. The first-order valence-corrected chi connectivity index (χ1v) is 8.66. The van der Waals surface area contributed by atoms with Crippen LogP contribution in [0.3, 0.4) is 0 Å². The molecule has 2 aliphatic rings. The lowest BCUT2D eigenvalue weighted by atomic mass is 10.0. The van der Waals surface area contributed by atoms with Gasteiger partial charge in [0.1, 0.15) is 0 Å². The van der Waals surface area contributed by atoms with Gasteiger partial charge in [0.15, 0.2) is 0 Å². The van der Waals surface area contributed by atoms with E-state index < -0.39 is 0 Å². The van der Waals surface area contributed by atoms with E-state index in [2.05, 4.69) is 16.2 Å². The van der Waals surface area contributed by atoms with Gasteiger partial charge in [0.2, 0.25) is 0 Å². The molecular formula is C17H29N3O3. The van der Waals surface area contributed by atoms with Crippen molar-refractivity contribution in [2.45, 2.75) is 31.4 Å². The molecule has 0 amide bonds. The third kappa shape index (κ3) is 4.53. The Kier molecular flexibility index (Phi) is 6.05. The van der Waals surface area contributed by atoms with Crippen LogP contribution in [0.5, 0.6) is 0 Å². The Hall–Kier alpha value is -0.950. The number of methoxy groups -OCH3 is 1. The van der Waals surface area contributed by atoms with Gasteiger partial charge < -0.3 is 14.2 Å². The predicted octanol–water partition coefficient (Wildman–Crippen LogP) is 1.11. The van der Waals surface area contributed by atoms with E-state index >= 15 is 0 Å². The Morgan fingerprint density at radius 1 is 1.35 bits per heavy atom. The lowest BCUT2D eigenvalue weighted by Crippen LogP contribution is -2.41. The third-order valence-electron chi connectivity index (χ3n) is 4.94. The van der Waals surface area contributed by atoms with Crippen LogP contribution in [0.15, 0.2) is 12.4 Å². The van der Waals surface area contributed by atoms with E-state index in [-0.39, 0.29) is 6.10 Å². The maximum Gasteiger partial charge on any atom is 0.0746 e. The van der Waals surface area contributed by atoms with Crippen molar-refractivity contribution in [3.63, 3.8) is 0 Å². The summed E-state index contributed by atoms with van der Waals surface area (Å²) in [6, 6.07) is 0.427. The van der Waals surface area contributed by atoms with Gasteiger partial charge >= 0.3 is 0 Å². The molecule has 0 unspecified atom stereocenters. The Morgan fingerprint density at radius 3 is 2.96 bits per heavy atom. The average molecular weight is 323 g/mol. The maximum atomic E-state index is 6.10. The van der Waals surface area contributed by atoms with Gasteiger partial charge in [0.05, 0.1) is 32.1 Å². The first-order chi connectivity index (χ1) is 11.3. The monoisotopic (exact) mass is 323 g/mol. The molecule has 0 radical (unpaired) electrons. The van der Waals surface area contributed by atoms with Crippen LogP contribution in [0, 0.1) is 5.92 Å². The predicted molar refractivity (Wildman–Crippen MR) is 87.4 cm³/mol. The van der Waals surface area contributed by atoms with Gasteiger partial charge in [0, 0.05) is 46.1 Å². The average Bonchev–Trinajstić information content (AvgIpc) is 3.26. The highest BCUT2D eigenvalue weighted by molar-refractivity contribution is 5.08. The van der Waals surface area contributed by atoms with Crippen LogP contribution < -0.4 is 0 Å². The third-order valence-corrected chi connectivity index (χ3v) is 4.94. The quantitative estimate of drug-likeness (QED) is 0.671. The maximum absolute atomic E-state index is 6.10. The van der Waals surface area contributed by atoms with Crippen molar-refractivity contribution in [2.75, 3.05) is 46.6 Å². The molecule has 2 aliphatic heterocycles. The molecule has 6 nitrogen and oxygen atoms in total. The van der Waals surface area contributed by atoms with Crippen LogP contribution in [0.1, 0.15) is 18.4 Å². The van der Waals surface area contributed by atoms with Crippen molar-refractivity contribution in [3.8, 4) is 0 Å². The topological polar surface area (TPSA) is 48.8 Å². The second-order valence-corrected chi connectivity index (χ2v) is 6.71. The molecule has 2 fully saturated rings. The highest BCUT2D eigenvalue weighted by Crippen LogP contribution is 2.27. The van der Waals surface area contributed by atoms with Crippen molar-refractivity contribution in [1.82, 2.24) is 14.7 Å². The molecule has 130 valence electrons. The summed E-state index contributed by atoms with van der Waals surface area (Å²) in [7, 11) is 3.69. The van der Waals surface area contributed by atoms with E-state index in [0.29, 0.717) is 25.2 Å². The van der Waals surface area contributed by atoms with Crippen LogP contribution >= 0.6 is 0 Å². The van der Waals surface area contributed by atoms with E-state index in [4.69, 9.17) is 14.2 Å². The van der Waals surface area contributed by atoms with Crippen molar-refractivity contribution >= 4 is 0 Å². The van der Waals surface area contributed by atoms with Gasteiger partial charge in [0.25, 0.3) is 0 Å². The lowest BCUT2D eigenvalue weighted by Gasteiger charge is -2.29. The summed E-state index contributed by atoms with van der Waals surface area (Å²) in [5.74, 6) is 0.670. The molecule has 3 rings (SSSR count). The molecule has 0 spiro atoms. The zero-order valence-electron chi connectivity index (χ0n) is 14.3. The fourth-order valence-corrected chi connectivity index (χ4v) is 3.73. The summed E-state index contributed by atoms with van der Waals surface area (Å²) in [6.45, 7) is 5.39. The summed E-state index contributed by atoms with van der Waals surface area (Å²) in [4.78, 5) is 2.60. The van der Waals surface area contributed by atoms with Crippen LogP contribution in [0.25, 0.3) is 0 Å². The molecule has 0 N–H and O–H groups in total. The summed E-state index contributed by atoms with van der Waals surface area (Å²) in [5, 5.41) is 4.30. The van der Waals surface area contributed by atoms with E-state index in [0.717, 1.165) is 39.1 Å². The molecule has 0 bridgehead atoms. The number of ether oxygens (including phenoxy) is 3. The Labute approximate surface area is 138 Å². The Balaban J connectivity index is 1.62. The molecule has 1 aromatic rings. The molecule has 0 saturated carbocycles. The lowest BCUT2D eigenvalue weighted by molar-refractivity contribution is -0.00211. The summed E-state index contributed by atoms with van der Waals surface area (Å²) < 4.78 is 18.6. The second-order valence-electron chi connectivity index (χ2n) is 6.71. The SMILES string of the molecule is COCCO[C@@H]1CCN(C[C@@H]2CCOC2)[C@@H]1Cc1cnn(C)c1. The molecule has 0 aromatic carbocycles. The van der Waals surface area contributed by atoms with E-state index in [1.54, 1.807) is 7.11 Å². The van der Waals surface area contributed by atoms with Crippen molar-refractivity contribution < 1.29 is 14.2 Å². The van der Waals surface area contributed by atoms with Crippen LogP contribution in [-0.4, -0.2) is 73.5 Å². The molecule has 0 aliphatic carbocycles. The van der Waals surface area contributed by atoms with E-state index in [1.165, 1.54) is 12.0 Å². The summed E-state index contributed by atoms with van der Waals surface area (Å²) in [5.41, 5.74) is 1.28. The Bertz CT molecular complexity index is 473. The van der Waals surface area contributed by atoms with Crippen LogP contribution in [0.2, 0.25) is 0 Å². The highest BCUT2D eigenvalue weighted by atomic mass is 16.5. The van der Waals surface area contributed by atoms with Gasteiger partial charge in [-0.15, -0.1) is 0 Å². The fourth-order valence-electron chi connectivity index (χ4n) is 3.73. The number of hydrogen-bond donors (Lipinski definition) is 0. The minimum absolute atomic E-state index is 0.285. The number of likely N-dealkylation sites (tertiary alicyclic amines) is 1. The Morgan fingerprint density at radius 2 is 2.26 bits per heavy atom. The van der Waals surface area contributed by atoms with Gasteiger partial charge in [-0.1, -0.05) is 0 Å². The molecule has 6 heteroatoms.